The van der Waals surface area contributed by atoms with E-state index in [1.807, 2.05) is 0 Å². The maximum Gasteiger partial charge on any atom is 2.00 e. The zero-order valence-electron chi connectivity index (χ0n) is 16.1. The van der Waals surface area contributed by atoms with Crippen molar-refractivity contribution in [2.45, 2.75) is 75.2 Å². The molecule has 0 amide bonds. The third-order valence-corrected chi connectivity index (χ3v) is 4.25. The van der Waals surface area contributed by atoms with E-state index < -0.39 is 31.3 Å². The average molecular weight is 521 g/mol. The number of halogens is 6. The average Bonchev–Trinajstić information content (AvgIpc) is 3.15. The van der Waals surface area contributed by atoms with Crippen molar-refractivity contribution in [3.05, 3.63) is 14.9 Å². The molecule has 0 aliphatic heterocycles. The quantitative estimate of drug-likeness (QED) is 0.186. The van der Waals surface area contributed by atoms with Crippen LogP contribution in [0, 0.1) is 14.9 Å². The van der Waals surface area contributed by atoms with Gasteiger partial charge in [-0.15, -0.1) is 0 Å². The minimum Gasteiger partial charge on any atom is -0.358 e. The predicted octanol–water partition coefficient (Wildman–Crippen LogP) is 5.59. The van der Waals surface area contributed by atoms with Gasteiger partial charge in [-0.05, 0) is 0 Å². The molecule has 2 rings (SSSR count). The molecule has 2 fully saturated rings. The maximum atomic E-state index is 10.7. The summed E-state index contributed by atoms with van der Waals surface area (Å²) in [5.74, 6) is 0. The van der Waals surface area contributed by atoms with E-state index in [0.717, 1.165) is 0 Å². The zero-order valence-corrected chi connectivity index (χ0v) is 19.2. The maximum absolute atomic E-state index is 10.7. The molecule has 0 aromatic carbocycles. The summed E-state index contributed by atoms with van der Waals surface area (Å²) >= 11 is 0. The van der Waals surface area contributed by atoms with Gasteiger partial charge in [-0.3, -0.25) is 9.11 Å². The van der Waals surface area contributed by atoms with Crippen LogP contribution in [0.15, 0.2) is 0 Å². The first-order chi connectivity index (χ1) is 11.5. The number of hydrogen-bond donors (Lipinski definition) is 2. The van der Waals surface area contributed by atoms with E-state index in [1.165, 1.54) is 64.2 Å². The van der Waals surface area contributed by atoms with Crippen LogP contribution < -0.4 is 0 Å². The van der Waals surface area contributed by atoms with Gasteiger partial charge in [-0.1, -0.05) is 64.2 Å². The van der Waals surface area contributed by atoms with Gasteiger partial charge in [0.1, 0.15) is 0 Å². The predicted molar refractivity (Wildman–Crippen MR) is 94.2 cm³/mol. The van der Waals surface area contributed by atoms with Crippen LogP contribution in [0.4, 0.5) is 26.3 Å². The molecule has 179 valence electrons. The number of rotatable bonds is 0. The first-order valence-electron chi connectivity index (χ1n) is 7.57. The molecule has 2 aliphatic carbocycles. The van der Waals surface area contributed by atoms with Crippen LogP contribution in [0.25, 0.3) is 0 Å². The summed E-state index contributed by atoms with van der Waals surface area (Å²) in [6.45, 7) is 0. The fourth-order valence-electron chi connectivity index (χ4n) is 1.77. The third kappa shape index (κ3) is 24.1. The van der Waals surface area contributed by atoms with Crippen molar-refractivity contribution in [2.24, 2.45) is 0 Å². The summed E-state index contributed by atoms with van der Waals surface area (Å²) < 4.78 is 115. The van der Waals surface area contributed by atoms with Crippen molar-refractivity contribution in [1.29, 1.82) is 0 Å². The zero-order chi connectivity index (χ0) is 21.1. The summed E-state index contributed by atoms with van der Waals surface area (Å²) in [4.78, 5) is 0. The van der Waals surface area contributed by atoms with Gasteiger partial charge in [0.05, 0.1) is 0 Å². The Balaban J connectivity index is -0.0000000867. The molecule has 6 nitrogen and oxygen atoms in total. The van der Waals surface area contributed by atoms with Gasteiger partial charge in [-0.2, -0.15) is 43.2 Å². The topological polar surface area (TPSA) is 109 Å². The first kappa shape index (κ1) is 39.5. The van der Waals surface area contributed by atoms with Crippen LogP contribution in [0.2, 0.25) is 0 Å². The molecule has 0 aromatic rings. The van der Waals surface area contributed by atoms with Crippen LogP contribution >= 0.6 is 0 Å². The van der Waals surface area contributed by atoms with E-state index in [0.29, 0.717) is 0 Å². The molecule has 29 heavy (non-hydrogen) atoms. The van der Waals surface area contributed by atoms with Crippen molar-refractivity contribution < 1.29 is 70.8 Å². The van der Waals surface area contributed by atoms with Crippen molar-refractivity contribution in [3.63, 3.8) is 0 Å². The SMILES string of the molecule is C1CCCC1.C1CCCC1.O=S(=O)(O)C(F)(F)F.O=S(=O)(O)C(F)(F)F.[CH3-].[CH3-].[V+2]. The Morgan fingerprint density at radius 2 is 0.552 bits per heavy atom. The standard InChI is InChI=1S/2C5H10.2CHF3O3S.2CH3.V/c2*1-2-4-5-3-1;2*2-1(3,4)8(5,6)7;;;/h2*1-5H2;2*(H,5,6,7);2*1H3;/q;;;;2*-1;+2. The van der Waals surface area contributed by atoms with Crippen LogP contribution in [-0.2, 0) is 38.8 Å². The minimum absolute atomic E-state index is 0. The van der Waals surface area contributed by atoms with E-state index in [-0.39, 0.29) is 33.4 Å². The molecule has 0 saturated heterocycles. The Bertz CT molecular complexity index is 501. The van der Waals surface area contributed by atoms with Crippen molar-refractivity contribution >= 4 is 20.2 Å². The fourth-order valence-corrected chi connectivity index (χ4v) is 1.77. The summed E-state index contributed by atoms with van der Waals surface area (Å²) in [5, 5.41) is 0. The van der Waals surface area contributed by atoms with Crippen LogP contribution in [-0.4, -0.2) is 37.0 Å². The summed E-state index contributed by atoms with van der Waals surface area (Å²) in [6, 6.07) is 0. The summed E-state index contributed by atoms with van der Waals surface area (Å²) in [6.07, 6.45) is 15.0. The van der Waals surface area contributed by atoms with Gasteiger partial charge in [0, 0.05) is 0 Å². The van der Waals surface area contributed by atoms with E-state index in [2.05, 4.69) is 0 Å². The summed E-state index contributed by atoms with van der Waals surface area (Å²) in [7, 11) is -11.7. The van der Waals surface area contributed by atoms with E-state index >= 15 is 0 Å². The smallest absolute Gasteiger partial charge is 0.358 e. The molecule has 2 aliphatic rings. The van der Waals surface area contributed by atoms with Crippen molar-refractivity contribution in [1.82, 2.24) is 0 Å². The Morgan fingerprint density at radius 1 is 0.483 bits per heavy atom. The largest absolute Gasteiger partial charge is 2.00 e. The van der Waals surface area contributed by atoms with E-state index in [9.17, 15) is 26.3 Å². The normalized spacial score (nSPS) is 16.0. The molecular formula is C14H28F6O6S2V. The molecule has 1 radical (unpaired) electrons. The number of alkyl halides is 6. The number of hydrogen-bond acceptors (Lipinski definition) is 4. The molecular weight excluding hydrogens is 493 g/mol. The van der Waals surface area contributed by atoms with Crippen LogP contribution in [0.3, 0.4) is 0 Å². The Hall–Kier alpha value is -0.0156. The Morgan fingerprint density at radius 3 is 0.586 bits per heavy atom. The van der Waals surface area contributed by atoms with E-state index in [1.54, 1.807) is 0 Å². The molecule has 2 saturated carbocycles. The molecule has 0 bridgehead atoms. The summed E-state index contributed by atoms with van der Waals surface area (Å²) in [5.41, 5.74) is -11.1. The Labute approximate surface area is 181 Å². The van der Waals surface area contributed by atoms with Gasteiger partial charge < -0.3 is 14.9 Å². The van der Waals surface area contributed by atoms with Crippen LogP contribution in [0.1, 0.15) is 64.2 Å². The van der Waals surface area contributed by atoms with Crippen molar-refractivity contribution in [3.8, 4) is 0 Å². The molecule has 0 spiro atoms. The molecule has 0 heterocycles. The van der Waals surface area contributed by atoms with Gasteiger partial charge in [-0.25, -0.2) is 0 Å². The molecule has 2 N–H and O–H groups in total. The molecule has 0 aromatic heterocycles. The first-order valence-corrected chi connectivity index (χ1v) is 10.5. The molecule has 15 heteroatoms. The van der Waals surface area contributed by atoms with Crippen molar-refractivity contribution in [2.75, 3.05) is 0 Å². The van der Waals surface area contributed by atoms with Gasteiger partial charge in [0.2, 0.25) is 0 Å². The fraction of sp³-hybridized carbons (Fsp3) is 0.857. The van der Waals surface area contributed by atoms with Crippen LogP contribution in [0.5, 0.6) is 0 Å². The van der Waals surface area contributed by atoms with E-state index in [4.69, 9.17) is 25.9 Å². The minimum atomic E-state index is -5.84. The monoisotopic (exact) mass is 521 g/mol. The molecule has 0 unspecified atom stereocenters. The van der Waals surface area contributed by atoms with Gasteiger partial charge >= 0.3 is 49.8 Å². The second kappa shape index (κ2) is 17.6. The molecule has 0 atom stereocenters. The third-order valence-electron chi connectivity index (χ3n) is 3.08. The van der Waals surface area contributed by atoms with Gasteiger partial charge in [0.25, 0.3) is 0 Å². The second-order valence-electron chi connectivity index (χ2n) is 5.38. The second-order valence-corrected chi connectivity index (χ2v) is 8.20. The van der Waals surface area contributed by atoms with Gasteiger partial charge in [0.15, 0.2) is 0 Å². The Kier molecular flexibility index (Phi) is 24.0.